The highest BCUT2D eigenvalue weighted by molar-refractivity contribution is 6.05. The minimum atomic E-state index is -4.38. The Labute approximate surface area is 224 Å². The summed E-state index contributed by atoms with van der Waals surface area (Å²) in [4.78, 5) is 29.5. The van der Waals surface area contributed by atoms with Gasteiger partial charge < -0.3 is 19.5 Å². The van der Waals surface area contributed by atoms with E-state index >= 15 is 0 Å². The largest absolute Gasteiger partial charge is 0.491 e. The number of hydrogen-bond donors (Lipinski definition) is 1. The van der Waals surface area contributed by atoms with E-state index in [0.717, 1.165) is 66.2 Å². The molecule has 204 valence electrons. The van der Waals surface area contributed by atoms with Crippen molar-refractivity contribution < 1.29 is 22.7 Å². The smallest absolute Gasteiger partial charge is 0.416 e. The molecule has 2 aliphatic rings. The summed E-state index contributed by atoms with van der Waals surface area (Å²) < 4.78 is 44.4. The number of amides is 2. The Morgan fingerprint density at radius 2 is 1.79 bits per heavy atom. The lowest BCUT2D eigenvalue weighted by molar-refractivity contribution is -0.137. The molecule has 5 heterocycles. The highest BCUT2D eigenvalue weighted by Crippen LogP contribution is 2.36. The van der Waals surface area contributed by atoms with Gasteiger partial charge in [-0.25, -0.2) is 14.8 Å². The number of alkyl halides is 3. The van der Waals surface area contributed by atoms with Crippen LogP contribution in [0.1, 0.15) is 49.1 Å². The molecule has 1 unspecified atom stereocenters. The number of likely N-dealkylation sites (tertiary alicyclic amines) is 2. The number of H-pyrrole nitrogens is 1. The number of aromatic amines is 1. The summed E-state index contributed by atoms with van der Waals surface area (Å²) in [5.74, 6) is 0.699. The van der Waals surface area contributed by atoms with Crippen LogP contribution in [0.15, 0.2) is 55.0 Å². The number of pyridine rings is 2. The van der Waals surface area contributed by atoms with Gasteiger partial charge in [-0.1, -0.05) is 0 Å². The molecule has 10 heteroatoms. The fourth-order valence-electron chi connectivity index (χ4n) is 5.95. The molecule has 1 N–H and O–H groups in total. The molecule has 0 bridgehead atoms. The Morgan fingerprint density at radius 3 is 2.56 bits per heavy atom. The monoisotopic (exact) mass is 537 g/mol. The molecule has 0 aliphatic carbocycles. The van der Waals surface area contributed by atoms with E-state index in [4.69, 9.17) is 4.74 Å². The molecule has 39 heavy (non-hydrogen) atoms. The van der Waals surface area contributed by atoms with Crippen LogP contribution in [0.25, 0.3) is 21.9 Å². The van der Waals surface area contributed by atoms with Gasteiger partial charge in [-0.2, -0.15) is 13.2 Å². The quantitative estimate of drug-likeness (QED) is 0.329. The predicted octanol–water partition coefficient (Wildman–Crippen LogP) is 6.36. The number of urea groups is 1. The second-order valence-corrected chi connectivity index (χ2v) is 10.4. The fourth-order valence-corrected chi connectivity index (χ4v) is 5.95. The van der Waals surface area contributed by atoms with Crippen LogP contribution in [0.2, 0.25) is 0 Å². The number of carbonyl (C=O) groups excluding carboxylic acids is 1. The molecular weight excluding hydrogens is 507 g/mol. The molecule has 0 radical (unpaired) electrons. The minimum absolute atomic E-state index is 0.0206. The molecule has 3 aromatic heterocycles. The summed E-state index contributed by atoms with van der Waals surface area (Å²) >= 11 is 0. The third kappa shape index (κ3) is 5.12. The first-order chi connectivity index (χ1) is 18.9. The van der Waals surface area contributed by atoms with Gasteiger partial charge in [0, 0.05) is 42.8 Å². The van der Waals surface area contributed by atoms with Crippen molar-refractivity contribution in [1.82, 2.24) is 24.8 Å². The Morgan fingerprint density at radius 1 is 1.00 bits per heavy atom. The van der Waals surface area contributed by atoms with Crippen LogP contribution in [-0.4, -0.2) is 63.1 Å². The van der Waals surface area contributed by atoms with Crippen LogP contribution in [0.5, 0.6) is 5.75 Å². The van der Waals surface area contributed by atoms with Gasteiger partial charge in [0.15, 0.2) is 5.65 Å². The van der Waals surface area contributed by atoms with Crippen molar-refractivity contribution in [2.75, 3.05) is 26.2 Å². The molecule has 2 saturated heterocycles. The number of carbonyl (C=O) groups is 1. The average Bonchev–Trinajstić information content (AvgIpc) is 3.45. The molecule has 0 saturated carbocycles. The maximum Gasteiger partial charge on any atom is 0.416 e. The second-order valence-electron chi connectivity index (χ2n) is 10.4. The SMILES string of the molecule is O=C(N1CCC(c2cc[nH]c3cnc4nccc4c23)CC1)N1CCCCC1COc1ccc(C(F)(F)F)cc1. The van der Waals surface area contributed by atoms with Crippen molar-refractivity contribution in [3.05, 3.63) is 66.1 Å². The van der Waals surface area contributed by atoms with Gasteiger partial charge in [-0.15, -0.1) is 0 Å². The van der Waals surface area contributed by atoms with Gasteiger partial charge in [-0.05, 0) is 80.0 Å². The number of hydrogen-bond acceptors (Lipinski definition) is 4. The molecule has 2 aliphatic heterocycles. The zero-order valence-electron chi connectivity index (χ0n) is 21.5. The minimum Gasteiger partial charge on any atom is -0.491 e. The van der Waals surface area contributed by atoms with E-state index in [2.05, 4.69) is 21.0 Å². The van der Waals surface area contributed by atoms with E-state index in [1.165, 1.54) is 17.7 Å². The zero-order valence-corrected chi connectivity index (χ0v) is 21.5. The molecule has 6 rings (SSSR count). The Hall–Kier alpha value is -3.82. The lowest BCUT2D eigenvalue weighted by atomic mass is 9.87. The molecule has 2 amide bonds. The summed E-state index contributed by atoms with van der Waals surface area (Å²) in [5.41, 5.74) is 2.28. The highest BCUT2D eigenvalue weighted by Gasteiger charge is 2.34. The van der Waals surface area contributed by atoms with Crippen molar-refractivity contribution in [3.63, 3.8) is 0 Å². The first-order valence-corrected chi connectivity index (χ1v) is 13.4. The third-order valence-corrected chi connectivity index (χ3v) is 8.03. The van der Waals surface area contributed by atoms with Gasteiger partial charge in [0.25, 0.3) is 0 Å². The lowest BCUT2D eigenvalue weighted by Crippen LogP contribution is -2.53. The predicted molar refractivity (Wildman–Crippen MR) is 142 cm³/mol. The number of benzene rings is 1. The van der Waals surface area contributed by atoms with Gasteiger partial charge in [0.2, 0.25) is 0 Å². The number of aromatic nitrogens is 3. The summed E-state index contributed by atoms with van der Waals surface area (Å²) in [6.07, 6.45) is 5.65. The fraction of sp³-hybridized carbons (Fsp3) is 0.414. The summed E-state index contributed by atoms with van der Waals surface area (Å²) in [6, 6.07) is 8.77. The molecular formula is C29H30F3N5O2. The number of nitrogens with zero attached hydrogens (tertiary/aromatic N) is 4. The molecule has 4 aromatic rings. The van der Waals surface area contributed by atoms with Crippen LogP contribution in [0.3, 0.4) is 0 Å². The van der Waals surface area contributed by atoms with Crippen LogP contribution in [0.4, 0.5) is 18.0 Å². The van der Waals surface area contributed by atoms with Crippen molar-refractivity contribution in [3.8, 4) is 5.75 Å². The first kappa shape index (κ1) is 25.5. The molecule has 0 spiro atoms. The van der Waals surface area contributed by atoms with Crippen molar-refractivity contribution in [2.45, 2.75) is 50.2 Å². The van der Waals surface area contributed by atoms with E-state index in [1.807, 2.05) is 28.3 Å². The Bertz CT molecular complexity index is 1460. The number of fused-ring (bicyclic) bond motifs is 3. The highest BCUT2D eigenvalue weighted by atomic mass is 19.4. The average molecular weight is 538 g/mol. The molecule has 1 atom stereocenters. The summed E-state index contributed by atoms with van der Waals surface area (Å²) in [7, 11) is 0. The van der Waals surface area contributed by atoms with Crippen molar-refractivity contribution >= 4 is 28.0 Å². The van der Waals surface area contributed by atoms with E-state index < -0.39 is 11.7 Å². The van der Waals surface area contributed by atoms with Crippen LogP contribution < -0.4 is 4.74 Å². The van der Waals surface area contributed by atoms with Gasteiger partial charge in [0.05, 0.1) is 23.3 Å². The van der Waals surface area contributed by atoms with Crippen LogP contribution >= 0.6 is 0 Å². The van der Waals surface area contributed by atoms with Crippen LogP contribution in [0, 0.1) is 0 Å². The summed E-state index contributed by atoms with van der Waals surface area (Å²) in [5, 5.41) is 2.20. The van der Waals surface area contributed by atoms with E-state index in [-0.39, 0.29) is 18.7 Å². The third-order valence-electron chi connectivity index (χ3n) is 8.03. The van der Waals surface area contributed by atoms with E-state index in [1.54, 1.807) is 6.20 Å². The van der Waals surface area contributed by atoms with Gasteiger partial charge in [-0.3, -0.25) is 0 Å². The standard InChI is InChI=1S/C29H30F3N5O2/c30-29(31,32)20-4-6-22(7-5-20)39-18-21-3-1-2-14-37(21)28(38)36-15-10-19(11-16-36)23-8-12-33-25-17-35-27-24(26(23)25)9-13-34-27/h4-9,12-13,17,19,21,33H,1-3,10-11,14-16,18H2. The Balaban J connectivity index is 1.11. The summed E-state index contributed by atoms with van der Waals surface area (Å²) in [6.45, 7) is 2.26. The zero-order chi connectivity index (χ0) is 27.0. The number of nitrogens with one attached hydrogen (secondary N) is 1. The first-order valence-electron chi connectivity index (χ1n) is 13.4. The van der Waals surface area contributed by atoms with E-state index in [0.29, 0.717) is 31.3 Å². The lowest BCUT2D eigenvalue weighted by Gasteiger charge is -2.41. The molecule has 2 fully saturated rings. The molecule has 7 nitrogen and oxygen atoms in total. The van der Waals surface area contributed by atoms with Gasteiger partial charge >= 0.3 is 12.2 Å². The topological polar surface area (TPSA) is 74.4 Å². The second kappa shape index (κ2) is 10.4. The Kier molecular flexibility index (Phi) is 6.78. The maximum absolute atomic E-state index is 13.6. The van der Waals surface area contributed by atoms with Crippen LogP contribution in [-0.2, 0) is 6.18 Å². The van der Waals surface area contributed by atoms with Crippen molar-refractivity contribution in [2.24, 2.45) is 0 Å². The number of rotatable bonds is 4. The number of halogens is 3. The van der Waals surface area contributed by atoms with Gasteiger partial charge in [0.1, 0.15) is 12.4 Å². The number of ether oxygens (including phenoxy) is 1. The van der Waals surface area contributed by atoms with Crippen molar-refractivity contribution in [1.29, 1.82) is 0 Å². The molecule has 1 aromatic carbocycles. The number of piperidine rings is 2. The maximum atomic E-state index is 13.6. The van der Waals surface area contributed by atoms with E-state index in [9.17, 15) is 18.0 Å². The normalized spacial score (nSPS) is 19.1.